The highest BCUT2D eigenvalue weighted by Crippen LogP contribution is 2.34. The average molecular weight is 286 g/mol. The second-order valence-corrected chi connectivity index (χ2v) is 4.74. The molecule has 0 aromatic heterocycles. The third kappa shape index (κ3) is 2.41. The van der Waals surface area contributed by atoms with Gasteiger partial charge in [0.25, 0.3) is 0 Å². The van der Waals surface area contributed by atoms with Crippen LogP contribution >= 0.6 is 11.6 Å². The van der Waals surface area contributed by atoms with E-state index in [-0.39, 0.29) is 0 Å². The number of hydrogen-bond donors (Lipinski definition) is 2. The van der Waals surface area contributed by atoms with E-state index in [4.69, 9.17) is 21.5 Å². The van der Waals surface area contributed by atoms with E-state index in [1.807, 2.05) is 47.9 Å². The molecule has 20 heavy (non-hydrogen) atoms. The van der Waals surface area contributed by atoms with Gasteiger partial charge in [-0.05, 0) is 29.7 Å². The summed E-state index contributed by atoms with van der Waals surface area (Å²) in [6, 6.07) is 18.9. The Balaban J connectivity index is 2.01. The molecule has 0 fully saturated rings. The van der Waals surface area contributed by atoms with Gasteiger partial charge in [0.1, 0.15) is 11.5 Å². The molecule has 100 valence electrons. The Bertz CT molecular complexity index is 753. The molecule has 3 aromatic carbocycles. The van der Waals surface area contributed by atoms with E-state index in [0.29, 0.717) is 16.5 Å². The maximum absolute atomic E-state index is 8.83. The number of halogens is 1. The van der Waals surface area contributed by atoms with Gasteiger partial charge in [-0.3, -0.25) is 10.7 Å². The molecule has 4 heteroatoms. The molecule has 0 amide bonds. The topological polar surface area (TPSA) is 41.5 Å². The van der Waals surface area contributed by atoms with Crippen molar-refractivity contribution in [3.63, 3.8) is 0 Å². The molecule has 0 spiro atoms. The number of ether oxygens (including phenoxy) is 1. The molecule has 0 atom stereocenters. The quantitative estimate of drug-likeness (QED) is 0.659. The predicted octanol–water partition coefficient (Wildman–Crippen LogP) is 5.09. The highest BCUT2D eigenvalue weighted by atomic mass is 35.5. The lowest BCUT2D eigenvalue weighted by atomic mass is 10.1. The van der Waals surface area contributed by atoms with E-state index in [0.717, 1.165) is 16.5 Å². The lowest BCUT2D eigenvalue weighted by Crippen LogP contribution is -1.91. The van der Waals surface area contributed by atoms with Crippen LogP contribution in [0.3, 0.4) is 0 Å². The molecule has 3 nitrogen and oxygen atoms in total. The lowest BCUT2D eigenvalue weighted by Gasteiger charge is -2.11. The number of fused-ring (bicyclic) bond motifs is 1. The Morgan fingerprint density at radius 3 is 2.50 bits per heavy atom. The van der Waals surface area contributed by atoms with Gasteiger partial charge in [0, 0.05) is 5.39 Å². The maximum atomic E-state index is 8.83. The number of rotatable bonds is 3. The van der Waals surface area contributed by atoms with E-state index in [9.17, 15) is 0 Å². The minimum Gasteiger partial charge on any atom is -0.455 e. The van der Waals surface area contributed by atoms with Crippen LogP contribution in [0, 0.1) is 0 Å². The Morgan fingerprint density at radius 1 is 0.900 bits per heavy atom. The molecule has 0 aliphatic carbocycles. The Morgan fingerprint density at radius 2 is 1.70 bits per heavy atom. The monoisotopic (exact) mass is 285 g/mol. The van der Waals surface area contributed by atoms with Crippen molar-refractivity contribution in [3.8, 4) is 11.5 Å². The van der Waals surface area contributed by atoms with Gasteiger partial charge in [0.05, 0.1) is 10.7 Å². The SMILES string of the molecule is ONc1ccc(Oc2cccc3ccccc23)c(Cl)c1. The van der Waals surface area contributed by atoms with E-state index < -0.39 is 0 Å². The Kier molecular flexibility index (Phi) is 3.46. The van der Waals surface area contributed by atoms with Crippen molar-refractivity contribution in [1.29, 1.82) is 0 Å². The highest BCUT2D eigenvalue weighted by molar-refractivity contribution is 6.32. The van der Waals surface area contributed by atoms with Crippen LogP contribution < -0.4 is 10.2 Å². The number of hydrogen-bond acceptors (Lipinski definition) is 3. The normalized spacial score (nSPS) is 10.5. The summed E-state index contributed by atoms with van der Waals surface area (Å²) in [5.74, 6) is 1.29. The number of anilines is 1. The Hall–Kier alpha value is -2.23. The zero-order valence-corrected chi connectivity index (χ0v) is 11.3. The standard InChI is InChI=1S/C16H12ClNO2/c17-14-10-12(18-19)8-9-16(14)20-15-7-3-5-11-4-1-2-6-13(11)15/h1-10,18-19H. The van der Waals surface area contributed by atoms with Crippen LogP contribution in [0.15, 0.2) is 60.7 Å². The highest BCUT2D eigenvalue weighted by Gasteiger charge is 2.07. The van der Waals surface area contributed by atoms with Gasteiger partial charge in [-0.2, -0.15) is 0 Å². The van der Waals surface area contributed by atoms with Crippen LogP contribution in [-0.2, 0) is 0 Å². The fourth-order valence-corrected chi connectivity index (χ4v) is 2.28. The van der Waals surface area contributed by atoms with Crippen molar-refractivity contribution in [2.24, 2.45) is 0 Å². The fourth-order valence-electron chi connectivity index (χ4n) is 2.06. The van der Waals surface area contributed by atoms with Gasteiger partial charge in [0.2, 0.25) is 0 Å². The second-order valence-electron chi connectivity index (χ2n) is 4.34. The van der Waals surface area contributed by atoms with Gasteiger partial charge < -0.3 is 4.74 Å². The van der Waals surface area contributed by atoms with Crippen molar-refractivity contribution < 1.29 is 9.94 Å². The molecular formula is C16H12ClNO2. The summed E-state index contributed by atoms with van der Waals surface area (Å²) in [4.78, 5) is 0. The fraction of sp³-hybridized carbons (Fsp3) is 0. The summed E-state index contributed by atoms with van der Waals surface area (Å²) in [5, 5.41) is 11.4. The molecule has 0 saturated carbocycles. The third-order valence-electron chi connectivity index (χ3n) is 3.03. The van der Waals surface area contributed by atoms with E-state index in [1.54, 1.807) is 18.2 Å². The largest absolute Gasteiger partial charge is 0.455 e. The predicted molar refractivity (Wildman–Crippen MR) is 80.9 cm³/mol. The zero-order valence-electron chi connectivity index (χ0n) is 10.5. The number of benzene rings is 3. The molecule has 3 rings (SSSR count). The molecule has 0 unspecified atom stereocenters. The summed E-state index contributed by atoms with van der Waals surface area (Å²) in [7, 11) is 0. The summed E-state index contributed by atoms with van der Waals surface area (Å²) in [6.07, 6.45) is 0. The van der Waals surface area contributed by atoms with Crippen molar-refractivity contribution in [1.82, 2.24) is 0 Å². The Labute approximate surface area is 121 Å². The molecule has 0 radical (unpaired) electrons. The van der Waals surface area contributed by atoms with Crippen LogP contribution in [0.1, 0.15) is 0 Å². The first kappa shape index (κ1) is 12.8. The summed E-state index contributed by atoms with van der Waals surface area (Å²) in [6.45, 7) is 0. The average Bonchev–Trinajstić information content (AvgIpc) is 2.49. The van der Waals surface area contributed by atoms with Crippen LogP contribution in [0.25, 0.3) is 10.8 Å². The van der Waals surface area contributed by atoms with Gasteiger partial charge in [0.15, 0.2) is 0 Å². The molecular weight excluding hydrogens is 274 g/mol. The molecule has 2 N–H and O–H groups in total. The summed E-state index contributed by atoms with van der Waals surface area (Å²) >= 11 is 6.13. The smallest absolute Gasteiger partial charge is 0.146 e. The van der Waals surface area contributed by atoms with Gasteiger partial charge in [-0.1, -0.05) is 48.0 Å². The van der Waals surface area contributed by atoms with Crippen molar-refractivity contribution in [2.45, 2.75) is 0 Å². The van der Waals surface area contributed by atoms with Crippen molar-refractivity contribution in [3.05, 3.63) is 65.7 Å². The van der Waals surface area contributed by atoms with Crippen molar-refractivity contribution in [2.75, 3.05) is 5.48 Å². The zero-order chi connectivity index (χ0) is 13.9. The molecule has 0 bridgehead atoms. The van der Waals surface area contributed by atoms with Gasteiger partial charge in [-0.15, -0.1) is 0 Å². The molecule has 0 heterocycles. The molecule has 0 aliphatic heterocycles. The van der Waals surface area contributed by atoms with Crippen LogP contribution in [0.4, 0.5) is 5.69 Å². The third-order valence-corrected chi connectivity index (χ3v) is 3.33. The van der Waals surface area contributed by atoms with Gasteiger partial charge in [-0.25, -0.2) is 0 Å². The van der Waals surface area contributed by atoms with E-state index >= 15 is 0 Å². The first-order valence-electron chi connectivity index (χ1n) is 6.13. The van der Waals surface area contributed by atoms with Crippen molar-refractivity contribution >= 4 is 28.1 Å². The summed E-state index contributed by atoms with van der Waals surface area (Å²) < 4.78 is 5.88. The molecule has 0 saturated heterocycles. The van der Waals surface area contributed by atoms with E-state index in [2.05, 4.69) is 0 Å². The summed E-state index contributed by atoms with van der Waals surface area (Å²) in [5.41, 5.74) is 2.56. The second kappa shape index (κ2) is 5.41. The minimum absolute atomic E-state index is 0.428. The molecule has 3 aromatic rings. The maximum Gasteiger partial charge on any atom is 0.146 e. The first-order valence-corrected chi connectivity index (χ1v) is 6.51. The van der Waals surface area contributed by atoms with E-state index in [1.165, 1.54) is 0 Å². The minimum atomic E-state index is 0.428. The molecule has 0 aliphatic rings. The van der Waals surface area contributed by atoms with Crippen LogP contribution in [-0.4, -0.2) is 5.21 Å². The van der Waals surface area contributed by atoms with Crippen LogP contribution in [0.5, 0.6) is 11.5 Å². The number of nitrogens with one attached hydrogen (secondary N) is 1. The first-order chi connectivity index (χ1) is 9.78. The van der Waals surface area contributed by atoms with Crippen LogP contribution in [0.2, 0.25) is 5.02 Å². The lowest BCUT2D eigenvalue weighted by molar-refractivity contribution is 0.389. The van der Waals surface area contributed by atoms with Gasteiger partial charge >= 0.3 is 0 Å².